The number of allylic oxidation sites excluding steroid dienone is 2. The van der Waals surface area contributed by atoms with Gasteiger partial charge < -0.3 is 13.3 Å². The van der Waals surface area contributed by atoms with Gasteiger partial charge in [0, 0.05) is 34.6 Å². The molecule has 1 aliphatic rings. The third-order valence-corrected chi connectivity index (χ3v) is 14.9. The number of hydrogen-bond acceptors (Lipinski definition) is 8. The molecule has 1 aliphatic heterocycles. The number of carbonyl (C=O) groups excluding carboxylic acids is 2. The Labute approximate surface area is 277 Å². The van der Waals surface area contributed by atoms with Crippen LogP contribution in [0.3, 0.4) is 0 Å². The van der Waals surface area contributed by atoms with Crippen LogP contribution in [-0.2, 0) is 22.9 Å². The van der Waals surface area contributed by atoms with Gasteiger partial charge in [-0.25, -0.2) is 4.98 Å². The Bertz CT molecular complexity index is 1230. The summed E-state index contributed by atoms with van der Waals surface area (Å²) in [5.41, 5.74) is -0.659. The van der Waals surface area contributed by atoms with E-state index in [2.05, 4.69) is 38.7 Å². The first-order chi connectivity index (χ1) is 20.9. The number of hydrogen-bond donors (Lipinski definition) is 1. The summed E-state index contributed by atoms with van der Waals surface area (Å²) in [6, 6.07) is 2.41. The average molecular weight is 690 g/mol. The summed E-state index contributed by atoms with van der Waals surface area (Å²) < 4.78 is 60.6. The van der Waals surface area contributed by atoms with Gasteiger partial charge in [0.05, 0.1) is 29.3 Å². The van der Waals surface area contributed by atoms with Gasteiger partial charge in [0.25, 0.3) is 0 Å². The number of nitrogens with zero attached hydrogens (tertiary/aromatic N) is 1. The summed E-state index contributed by atoms with van der Waals surface area (Å²) in [5.74, 6) is -1.93. The quantitative estimate of drug-likeness (QED) is 0.0964. The Morgan fingerprint density at radius 1 is 1.20 bits per heavy atom. The molecule has 1 aromatic heterocycles. The molecule has 0 N–H and O–H groups in total. The van der Waals surface area contributed by atoms with Crippen LogP contribution < -0.4 is 0 Å². The highest BCUT2D eigenvalue weighted by molar-refractivity contribution is 7.75. The van der Waals surface area contributed by atoms with Crippen molar-refractivity contribution in [1.29, 1.82) is 0 Å². The predicted molar refractivity (Wildman–Crippen MR) is 181 cm³/mol. The molecule has 0 spiro atoms. The van der Waals surface area contributed by atoms with Gasteiger partial charge in [0.2, 0.25) is 0 Å². The summed E-state index contributed by atoms with van der Waals surface area (Å²) in [5, 5.41) is 2.68. The van der Waals surface area contributed by atoms with Gasteiger partial charge in [-0.3, -0.25) is 9.59 Å². The van der Waals surface area contributed by atoms with Crippen LogP contribution in [0.4, 0.5) is 13.2 Å². The molecule has 5 atom stereocenters. The normalized spacial score (nSPS) is 28.3. The van der Waals surface area contributed by atoms with E-state index in [9.17, 15) is 22.8 Å². The average Bonchev–Trinajstić information content (AvgIpc) is 3.38. The third-order valence-electron chi connectivity index (χ3n) is 9.18. The lowest BCUT2D eigenvalue weighted by Crippen LogP contribution is -2.51. The number of thiazole rings is 1. The Balaban J connectivity index is 2.70. The van der Waals surface area contributed by atoms with Gasteiger partial charge in [0.1, 0.15) is 11.9 Å². The Kier molecular flexibility index (Phi) is 14.8. The Hall–Kier alpha value is -1.73. The van der Waals surface area contributed by atoms with Crippen LogP contribution in [0.5, 0.6) is 0 Å². The molecule has 45 heavy (non-hydrogen) atoms. The highest BCUT2D eigenvalue weighted by atomic mass is 32.1. The molecule has 254 valence electrons. The van der Waals surface area contributed by atoms with Crippen molar-refractivity contribution in [3.05, 3.63) is 45.5 Å². The fourth-order valence-electron chi connectivity index (χ4n) is 5.82. The van der Waals surface area contributed by atoms with Crippen molar-refractivity contribution >= 4 is 50.4 Å². The zero-order chi connectivity index (χ0) is 34.2. The zero-order valence-electron chi connectivity index (χ0n) is 28.0. The summed E-state index contributed by atoms with van der Waals surface area (Å²) >= 11 is 5.49. The highest BCUT2D eigenvalue weighted by Gasteiger charge is 2.47. The number of carbonyl (C=O) groups is 2. The molecule has 6 nitrogen and oxygen atoms in total. The van der Waals surface area contributed by atoms with E-state index in [-0.39, 0.29) is 25.0 Å². The van der Waals surface area contributed by atoms with Gasteiger partial charge in [0.15, 0.2) is 8.32 Å². The minimum absolute atomic E-state index is 0.180. The standard InChI is InChI=1S/C33H50F3NO5S2Si/c1-10-45(11-2,12-3)42-28-19-29(38)40-27(22(5)18-26-20-44-24(7)37-26)17-16-25(33(34,35)36)15-13-14-21(4)30(41-43)23(6)31(39)32(28,8)9/h13-14,16,18,20-21,23,27-28,30,43H,10-12,15,17,19H2,1-9H3/b14-13+,22-18+,25-16+/t21-,23+,27-,28-,30-/m0/s1. The number of Topliss-reactive ketones (excluding diaryl/α,β-unsaturated/α-hetero) is 1. The molecule has 12 heteroatoms. The van der Waals surface area contributed by atoms with Gasteiger partial charge in [-0.15, -0.1) is 11.3 Å². The van der Waals surface area contributed by atoms with Crippen molar-refractivity contribution in [3.63, 3.8) is 0 Å². The number of alkyl halides is 3. The van der Waals surface area contributed by atoms with Gasteiger partial charge >= 0.3 is 12.1 Å². The summed E-state index contributed by atoms with van der Waals surface area (Å²) in [6.07, 6.45) is -1.97. The van der Waals surface area contributed by atoms with E-state index < -0.39 is 61.6 Å². The predicted octanol–water partition coefficient (Wildman–Crippen LogP) is 9.48. The molecule has 0 saturated carbocycles. The maximum atomic E-state index is 14.2. The Morgan fingerprint density at radius 2 is 1.82 bits per heavy atom. The minimum atomic E-state index is -4.59. The van der Waals surface area contributed by atoms with Crippen LogP contribution in [0.1, 0.15) is 85.4 Å². The van der Waals surface area contributed by atoms with E-state index in [4.69, 9.17) is 13.3 Å². The lowest BCUT2D eigenvalue weighted by atomic mass is 9.73. The second-order valence-electron chi connectivity index (χ2n) is 12.6. The third kappa shape index (κ3) is 10.6. The maximum Gasteiger partial charge on any atom is 0.412 e. The van der Waals surface area contributed by atoms with Crippen molar-refractivity contribution in [2.75, 3.05) is 0 Å². The zero-order valence-corrected chi connectivity index (χ0v) is 30.7. The number of thiol groups is 1. The smallest absolute Gasteiger partial charge is 0.412 e. The molecular weight excluding hydrogens is 640 g/mol. The molecule has 0 aliphatic carbocycles. The van der Waals surface area contributed by atoms with E-state index in [1.165, 1.54) is 17.4 Å². The summed E-state index contributed by atoms with van der Waals surface area (Å²) in [7, 11) is -2.32. The SMILES string of the molecule is CC[Si](CC)(CC)O[C@H]1CC(=O)O[C@H](/C(C)=C/c2csc(C)n2)C/C=C(/C(F)(F)F)C/C=C/[C@H](C)[C@H](OS)[C@@H](C)C(=O)C1(C)C. The lowest BCUT2D eigenvalue weighted by Gasteiger charge is -2.42. The molecule has 0 unspecified atom stereocenters. The number of cyclic esters (lactones) is 1. The van der Waals surface area contributed by atoms with Crippen molar-refractivity contribution in [2.24, 2.45) is 17.3 Å². The summed E-state index contributed by atoms with van der Waals surface area (Å²) in [4.78, 5) is 32.3. The molecule has 0 radical (unpaired) electrons. The van der Waals surface area contributed by atoms with Crippen LogP contribution in [0.2, 0.25) is 18.1 Å². The van der Waals surface area contributed by atoms with Gasteiger partial charge in [-0.1, -0.05) is 66.7 Å². The van der Waals surface area contributed by atoms with Crippen LogP contribution in [-0.4, -0.2) is 49.5 Å². The first-order valence-corrected chi connectivity index (χ1v) is 19.5. The van der Waals surface area contributed by atoms with Crippen LogP contribution in [0.15, 0.2) is 34.8 Å². The molecule has 0 bridgehead atoms. The molecule has 2 rings (SSSR count). The van der Waals surface area contributed by atoms with Crippen molar-refractivity contribution in [3.8, 4) is 0 Å². The van der Waals surface area contributed by atoms with E-state index in [0.29, 0.717) is 11.3 Å². The monoisotopic (exact) mass is 689 g/mol. The van der Waals surface area contributed by atoms with Crippen molar-refractivity contribution in [2.45, 2.75) is 124 Å². The van der Waals surface area contributed by atoms with Gasteiger partial charge in [-0.05, 0) is 63.0 Å². The number of ether oxygens (including phenoxy) is 1. The molecule has 0 amide bonds. The second-order valence-corrected chi connectivity index (χ2v) is 18.6. The van der Waals surface area contributed by atoms with E-state index in [0.717, 1.165) is 29.2 Å². The first-order valence-electron chi connectivity index (χ1n) is 15.7. The number of aryl methyl sites for hydroxylation is 1. The largest absolute Gasteiger partial charge is 0.457 e. The van der Waals surface area contributed by atoms with E-state index >= 15 is 0 Å². The number of aromatic nitrogens is 1. The fraction of sp³-hybridized carbons (Fsp3) is 0.667. The van der Waals surface area contributed by atoms with E-state index in [1.807, 2.05) is 12.3 Å². The molecule has 0 saturated heterocycles. The second kappa shape index (κ2) is 16.9. The number of rotatable bonds is 8. The van der Waals surface area contributed by atoms with Gasteiger partial charge in [-0.2, -0.15) is 13.2 Å². The minimum Gasteiger partial charge on any atom is -0.457 e. The topological polar surface area (TPSA) is 74.7 Å². The molecule has 1 aromatic rings. The maximum absolute atomic E-state index is 14.2. The Morgan fingerprint density at radius 3 is 2.33 bits per heavy atom. The van der Waals surface area contributed by atoms with E-state index in [1.54, 1.807) is 46.8 Å². The molecule has 0 aromatic carbocycles. The molecule has 0 fully saturated rings. The number of ketones is 1. The first kappa shape index (κ1) is 39.4. The van der Waals surface area contributed by atoms with Crippen LogP contribution in [0, 0.1) is 24.2 Å². The fourth-order valence-corrected chi connectivity index (χ4v) is 9.75. The highest BCUT2D eigenvalue weighted by Crippen LogP contribution is 2.38. The molecular formula is C33H50F3NO5S2Si. The number of esters is 1. The van der Waals surface area contributed by atoms with Crippen LogP contribution in [0.25, 0.3) is 6.08 Å². The van der Waals surface area contributed by atoms with Crippen LogP contribution >= 0.6 is 24.2 Å². The van der Waals surface area contributed by atoms with Crippen molar-refractivity contribution < 1.29 is 36.1 Å². The number of halogens is 3. The van der Waals surface area contributed by atoms with Crippen molar-refractivity contribution in [1.82, 2.24) is 4.98 Å². The molecule has 2 heterocycles. The summed E-state index contributed by atoms with van der Waals surface area (Å²) in [6.45, 7) is 16.9. The lowest BCUT2D eigenvalue weighted by molar-refractivity contribution is -0.153.